The van der Waals surface area contributed by atoms with E-state index in [1.54, 1.807) is 28.6 Å². The lowest BCUT2D eigenvalue weighted by atomic mass is 10.1. The van der Waals surface area contributed by atoms with Gasteiger partial charge in [0, 0.05) is 63.6 Å². The monoisotopic (exact) mass is 518 g/mol. The zero-order chi connectivity index (χ0) is 25.7. The predicted molar refractivity (Wildman–Crippen MR) is 146 cm³/mol. The summed E-state index contributed by atoms with van der Waals surface area (Å²) >= 11 is 0. The van der Waals surface area contributed by atoms with Crippen LogP contribution in [0, 0.1) is 0 Å². The van der Waals surface area contributed by atoms with E-state index in [1.165, 1.54) is 18.5 Å². The number of carbonyl (C=O) groups excluding carboxylic acids is 1. The first-order chi connectivity index (χ1) is 18.0. The number of carbonyl (C=O) groups is 1. The topological polar surface area (TPSA) is 73.0 Å². The third-order valence-corrected chi connectivity index (χ3v) is 9.11. The van der Waals surface area contributed by atoms with Crippen molar-refractivity contribution in [2.75, 3.05) is 44.2 Å². The quantitative estimate of drug-likeness (QED) is 0.492. The number of anilines is 1. The molecule has 3 aromatic carbocycles. The first kappa shape index (κ1) is 25.4. The van der Waals surface area contributed by atoms with Crippen molar-refractivity contribution in [3.05, 3.63) is 95.6 Å². The molecule has 2 fully saturated rings. The van der Waals surface area contributed by atoms with Gasteiger partial charge in [-0.25, -0.2) is 8.42 Å². The number of nitrogens with one attached hydrogen (secondary N) is 1. The molecule has 2 heterocycles. The fraction of sp³-hybridized carbons (Fsp3) is 0.345. The van der Waals surface area contributed by atoms with Crippen LogP contribution in [0.2, 0.25) is 0 Å². The van der Waals surface area contributed by atoms with Crippen LogP contribution in [0.4, 0.5) is 5.69 Å². The minimum absolute atomic E-state index is 0.0881. The van der Waals surface area contributed by atoms with Gasteiger partial charge < -0.3 is 10.2 Å². The Bertz CT molecular complexity index is 1280. The second-order valence-electron chi connectivity index (χ2n) is 9.73. The molecule has 0 atom stereocenters. The number of nitrogens with zero attached hydrogens (tertiary/aromatic N) is 3. The Morgan fingerprint density at radius 3 is 2.00 bits per heavy atom. The molecule has 2 aliphatic rings. The zero-order valence-corrected chi connectivity index (χ0v) is 21.9. The Balaban J connectivity index is 1.09. The van der Waals surface area contributed by atoms with Crippen LogP contribution in [0.5, 0.6) is 0 Å². The molecular formula is C29H34N4O3S. The summed E-state index contributed by atoms with van der Waals surface area (Å²) in [6.45, 7) is 5.75. The maximum atomic E-state index is 12.8. The molecule has 0 aromatic heterocycles. The number of amides is 1. The number of benzene rings is 3. The van der Waals surface area contributed by atoms with Crippen molar-refractivity contribution in [1.82, 2.24) is 14.5 Å². The summed E-state index contributed by atoms with van der Waals surface area (Å²) in [5.74, 6) is -0.0881. The molecule has 0 unspecified atom stereocenters. The molecule has 1 N–H and O–H groups in total. The average Bonchev–Trinajstić information content (AvgIpc) is 3.48. The highest BCUT2D eigenvalue weighted by atomic mass is 32.2. The molecule has 7 nitrogen and oxygen atoms in total. The molecule has 8 heteroatoms. The highest BCUT2D eigenvalue weighted by Crippen LogP contribution is 2.21. The van der Waals surface area contributed by atoms with Gasteiger partial charge in [-0.1, -0.05) is 42.5 Å². The molecule has 1 amide bonds. The van der Waals surface area contributed by atoms with E-state index in [9.17, 15) is 13.2 Å². The van der Waals surface area contributed by atoms with E-state index in [0.717, 1.165) is 30.8 Å². The number of piperazine rings is 1. The molecule has 0 saturated carbocycles. The maximum absolute atomic E-state index is 12.8. The summed E-state index contributed by atoms with van der Waals surface area (Å²) in [5.41, 5.74) is 4.08. The summed E-state index contributed by atoms with van der Waals surface area (Å²) < 4.78 is 27.2. The van der Waals surface area contributed by atoms with Gasteiger partial charge in [-0.3, -0.25) is 9.69 Å². The molecule has 0 bridgehead atoms. The van der Waals surface area contributed by atoms with Crippen molar-refractivity contribution in [3.63, 3.8) is 0 Å². The van der Waals surface area contributed by atoms with Crippen molar-refractivity contribution in [2.45, 2.75) is 30.8 Å². The Morgan fingerprint density at radius 2 is 1.35 bits per heavy atom. The number of rotatable bonds is 8. The molecule has 0 aliphatic carbocycles. The van der Waals surface area contributed by atoms with Gasteiger partial charge in [-0.05, 0) is 60.4 Å². The first-order valence-corrected chi connectivity index (χ1v) is 14.4. The van der Waals surface area contributed by atoms with E-state index < -0.39 is 10.0 Å². The van der Waals surface area contributed by atoms with Gasteiger partial charge in [0.25, 0.3) is 5.91 Å². The highest BCUT2D eigenvalue weighted by Gasteiger charge is 2.28. The molecule has 0 radical (unpaired) electrons. The van der Waals surface area contributed by atoms with E-state index in [1.807, 2.05) is 30.3 Å². The van der Waals surface area contributed by atoms with Gasteiger partial charge >= 0.3 is 0 Å². The van der Waals surface area contributed by atoms with Crippen LogP contribution in [-0.4, -0.2) is 62.8 Å². The lowest BCUT2D eigenvalue weighted by Gasteiger charge is -2.34. The average molecular weight is 519 g/mol. The molecule has 5 rings (SSSR count). The minimum Gasteiger partial charge on any atom is -0.372 e. The Hall–Kier alpha value is -3.20. The predicted octanol–water partition coefficient (Wildman–Crippen LogP) is 3.72. The largest absolute Gasteiger partial charge is 0.372 e. The smallest absolute Gasteiger partial charge is 0.251 e. The molecule has 2 aliphatic heterocycles. The summed E-state index contributed by atoms with van der Waals surface area (Å²) in [6, 6.07) is 24.7. The van der Waals surface area contributed by atoms with Crippen molar-refractivity contribution in [2.24, 2.45) is 0 Å². The van der Waals surface area contributed by atoms with E-state index in [4.69, 9.17) is 0 Å². The fourth-order valence-corrected chi connectivity index (χ4v) is 6.42. The van der Waals surface area contributed by atoms with Crippen molar-refractivity contribution < 1.29 is 13.2 Å². The molecular weight excluding hydrogens is 484 g/mol. The van der Waals surface area contributed by atoms with Crippen LogP contribution in [0.3, 0.4) is 0 Å². The van der Waals surface area contributed by atoms with E-state index >= 15 is 0 Å². The maximum Gasteiger partial charge on any atom is 0.251 e. The summed E-state index contributed by atoms with van der Waals surface area (Å²) in [7, 11) is -3.45. The lowest BCUT2D eigenvalue weighted by Crippen LogP contribution is -2.48. The van der Waals surface area contributed by atoms with Gasteiger partial charge in [0.05, 0.1) is 4.90 Å². The van der Waals surface area contributed by atoms with Crippen molar-refractivity contribution in [3.8, 4) is 0 Å². The second-order valence-corrected chi connectivity index (χ2v) is 11.7. The Labute approximate surface area is 219 Å². The van der Waals surface area contributed by atoms with Crippen LogP contribution in [0.15, 0.2) is 83.8 Å². The Morgan fingerprint density at radius 1 is 0.730 bits per heavy atom. The van der Waals surface area contributed by atoms with Gasteiger partial charge in [-0.15, -0.1) is 0 Å². The minimum atomic E-state index is -3.45. The van der Waals surface area contributed by atoms with Crippen molar-refractivity contribution >= 4 is 21.6 Å². The molecule has 194 valence electrons. The summed E-state index contributed by atoms with van der Waals surface area (Å²) in [5, 5.41) is 3.01. The SMILES string of the molecule is O=C(NCc1ccc(N2CCCC2)cc1)c1ccc(CN2CCN(S(=O)(=O)c3ccccc3)CC2)cc1. The van der Waals surface area contributed by atoms with E-state index in [-0.39, 0.29) is 5.91 Å². The number of hydrogen-bond acceptors (Lipinski definition) is 5. The van der Waals surface area contributed by atoms with E-state index in [2.05, 4.69) is 39.4 Å². The summed E-state index contributed by atoms with van der Waals surface area (Å²) in [6.07, 6.45) is 2.51. The van der Waals surface area contributed by atoms with E-state index in [0.29, 0.717) is 43.2 Å². The van der Waals surface area contributed by atoms with Crippen LogP contribution >= 0.6 is 0 Å². The lowest BCUT2D eigenvalue weighted by molar-refractivity contribution is 0.0951. The third-order valence-electron chi connectivity index (χ3n) is 7.20. The third kappa shape index (κ3) is 6.21. The number of sulfonamides is 1. The standard InChI is InChI=1S/C29H34N4O3S/c34-29(30-22-24-10-14-27(15-11-24)32-16-4-5-17-32)26-12-8-25(9-13-26)23-31-18-20-33(21-19-31)37(35,36)28-6-2-1-3-7-28/h1-3,6-15H,4-5,16-23H2,(H,30,34). The fourth-order valence-electron chi connectivity index (χ4n) is 4.97. The second kappa shape index (κ2) is 11.5. The van der Waals surface area contributed by atoms with Crippen LogP contribution in [0.1, 0.15) is 34.3 Å². The van der Waals surface area contributed by atoms with Gasteiger partial charge in [0.15, 0.2) is 0 Å². The molecule has 0 spiro atoms. The van der Waals surface area contributed by atoms with Crippen LogP contribution < -0.4 is 10.2 Å². The normalized spacial score (nSPS) is 17.1. The van der Waals surface area contributed by atoms with Crippen LogP contribution in [-0.2, 0) is 23.1 Å². The molecule has 2 saturated heterocycles. The number of hydrogen-bond donors (Lipinski definition) is 1. The summed E-state index contributed by atoms with van der Waals surface area (Å²) in [4.78, 5) is 17.6. The molecule has 37 heavy (non-hydrogen) atoms. The molecule has 3 aromatic rings. The van der Waals surface area contributed by atoms with Gasteiger partial charge in [0.1, 0.15) is 0 Å². The first-order valence-electron chi connectivity index (χ1n) is 13.0. The van der Waals surface area contributed by atoms with Gasteiger partial charge in [-0.2, -0.15) is 4.31 Å². The van der Waals surface area contributed by atoms with Gasteiger partial charge in [0.2, 0.25) is 10.0 Å². The Kier molecular flexibility index (Phi) is 7.88. The van der Waals surface area contributed by atoms with Crippen molar-refractivity contribution in [1.29, 1.82) is 0 Å². The van der Waals surface area contributed by atoms with Crippen LogP contribution in [0.25, 0.3) is 0 Å². The zero-order valence-electron chi connectivity index (χ0n) is 21.1. The highest BCUT2D eigenvalue weighted by molar-refractivity contribution is 7.89.